The van der Waals surface area contributed by atoms with Crippen molar-refractivity contribution >= 4 is 11.9 Å². The number of aliphatic hydroxyl groups excluding tert-OH is 2. The van der Waals surface area contributed by atoms with E-state index in [1.807, 2.05) is 0 Å². The van der Waals surface area contributed by atoms with E-state index in [1.54, 1.807) is 7.05 Å². The van der Waals surface area contributed by atoms with Gasteiger partial charge in [0.25, 0.3) is 0 Å². The molecular formula is C9H13N3O4. The van der Waals surface area contributed by atoms with Gasteiger partial charge in [-0.05, 0) is 0 Å². The summed E-state index contributed by atoms with van der Waals surface area (Å²) in [7, 11) is 1.64. The van der Waals surface area contributed by atoms with Gasteiger partial charge in [-0.3, -0.25) is 4.79 Å². The fourth-order valence-electron chi connectivity index (χ4n) is 1.13. The maximum atomic E-state index is 10.3. The lowest BCUT2D eigenvalue weighted by atomic mass is 10.1. The van der Waals surface area contributed by atoms with Crippen molar-refractivity contribution in [1.29, 1.82) is 0 Å². The van der Waals surface area contributed by atoms with Gasteiger partial charge in [-0.15, -0.1) is 0 Å². The van der Waals surface area contributed by atoms with E-state index in [0.29, 0.717) is 5.95 Å². The summed E-state index contributed by atoms with van der Waals surface area (Å²) in [5.74, 6) is -0.803. The minimum absolute atomic E-state index is 0.271. The molecule has 7 heteroatoms. The van der Waals surface area contributed by atoms with Gasteiger partial charge in [-0.2, -0.15) is 0 Å². The molecule has 2 unspecified atom stereocenters. The molecule has 16 heavy (non-hydrogen) atoms. The first-order valence-electron chi connectivity index (χ1n) is 4.62. The highest BCUT2D eigenvalue weighted by molar-refractivity contribution is 5.67. The Morgan fingerprint density at radius 2 is 2.00 bits per heavy atom. The van der Waals surface area contributed by atoms with Crippen LogP contribution in [0.15, 0.2) is 12.4 Å². The molecule has 0 bridgehead atoms. The number of nitrogens with zero attached hydrogens (tertiary/aromatic N) is 2. The number of aromatic nitrogens is 2. The van der Waals surface area contributed by atoms with Gasteiger partial charge in [-0.1, -0.05) is 0 Å². The Morgan fingerprint density at radius 1 is 1.44 bits per heavy atom. The molecule has 1 rings (SSSR count). The summed E-state index contributed by atoms with van der Waals surface area (Å²) in [6.07, 6.45) is -0.554. The number of aliphatic carboxylic acids is 1. The molecule has 0 radical (unpaired) electrons. The Labute approximate surface area is 91.8 Å². The van der Waals surface area contributed by atoms with Crippen LogP contribution in [0, 0.1) is 0 Å². The lowest BCUT2D eigenvalue weighted by Gasteiger charge is -2.15. The largest absolute Gasteiger partial charge is 0.481 e. The topological polar surface area (TPSA) is 116 Å². The monoisotopic (exact) mass is 227 g/mol. The molecule has 2 atom stereocenters. The van der Waals surface area contributed by atoms with E-state index in [0.717, 1.165) is 0 Å². The minimum Gasteiger partial charge on any atom is -0.481 e. The summed E-state index contributed by atoms with van der Waals surface area (Å²) < 4.78 is 0. The quantitative estimate of drug-likeness (QED) is 0.530. The SMILES string of the molecule is CNc1ncc(C(O)C(O)CC(=O)O)cn1. The number of carboxylic acid groups (broad SMARTS) is 1. The van der Waals surface area contributed by atoms with Gasteiger partial charge in [0.2, 0.25) is 5.95 Å². The van der Waals surface area contributed by atoms with Crippen molar-refractivity contribution in [3.05, 3.63) is 18.0 Å². The zero-order chi connectivity index (χ0) is 12.1. The van der Waals surface area contributed by atoms with Gasteiger partial charge in [0.1, 0.15) is 6.10 Å². The number of aliphatic hydroxyl groups is 2. The molecule has 1 heterocycles. The zero-order valence-electron chi connectivity index (χ0n) is 8.66. The number of rotatable bonds is 5. The van der Waals surface area contributed by atoms with Crippen molar-refractivity contribution in [2.75, 3.05) is 12.4 Å². The molecule has 1 aromatic rings. The molecule has 88 valence electrons. The second-order valence-corrected chi connectivity index (χ2v) is 3.20. The van der Waals surface area contributed by atoms with Crippen LogP contribution < -0.4 is 5.32 Å². The normalized spacial score (nSPS) is 14.2. The van der Waals surface area contributed by atoms with Gasteiger partial charge in [-0.25, -0.2) is 9.97 Å². The van der Waals surface area contributed by atoms with E-state index in [2.05, 4.69) is 15.3 Å². The maximum Gasteiger partial charge on any atom is 0.306 e. The van der Waals surface area contributed by atoms with Crippen LogP contribution in [0.4, 0.5) is 5.95 Å². The van der Waals surface area contributed by atoms with Crippen molar-refractivity contribution in [3.8, 4) is 0 Å². The van der Waals surface area contributed by atoms with Crippen LogP contribution in [0.1, 0.15) is 18.1 Å². The molecule has 0 saturated carbocycles. The minimum atomic E-state index is -1.37. The number of anilines is 1. The predicted octanol–water partition coefficient (Wildman–Crippen LogP) is -0.613. The van der Waals surface area contributed by atoms with Crippen LogP contribution in [0.5, 0.6) is 0 Å². The Kier molecular flexibility index (Phi) is 4.15. The highest BCUT2D eigenvalue weighted by Crippen LogP contribution is 2.17. The van der Waals surface area contributed by atoms with E-state index >= 15 is 0 Å². The third-order valence-electron chi connectivity index (χ3n) is 1.99. The number of hydrogen-bond acceptors (Lipinski definition) is 6. The summed E-state index contributed by atoms with van der Waals surface area (Å²) >= 11 is 0. The highest BCUT2D eigenvalue weighted by atomic mass is 16.4. The molecule has 7 nitrogen and oxygen atoms in total. The third-order valence-corrected chi connectivity index (χ3v) is 1.99. The molecule has 0 saturated heterocycles. The van der Waals surface area contributed by atoms with E-state index < -0.39 is 24.6 Å². The molecule has 0 aliphatic carbocycles. The first-order valence-corrected chi connectivity index (χ1v) is 4.62. The summed E-state index contributed by atoms with van der Waals surface area (Å²) in [5, 5.41) is 30.1. The molecule has 0 aliphatic heterocycles. The van der Waals surface area contributed by atoms with Crippen molar-refractivity contribution in [2.24, 2.45) is 0 Å². The summed E-state index contributed by atoms with van der Waals surface area (Å²) in [5.41, 5.74) is 0.271. The third kappa shape index (κ3) is 3.14. The molecule has 0 aromatic carbocycles. The average Bonchev–Trinajstić information content (AvgIpc) is 2.27. The lowest BCUT2D eigenvalue weighted by molar-refractivity contribution is -0.141. The van der Waals surface area contributed by atoms with Crippen LogP contribution >= 0.6 is 0 Å². The number of carbonyl (C=O) groups is 1. The summed E-state index contributed by atoms with van der Waals surface area (Å²) in [6.45, 7) is 0. The molecule has 4 N–H and O–H groups in total. The summed E-state index contributed by atoms with van der Waals surface area (Å²) in [4.78, 5) is 18.0. The fraction of sp³-hybridized carbons (Fsp3) is 0.444. The molecule has 0 fully saturated rings. The van der Waals surface area contributed by atoms with E-state index in [9.17, 15) is 15.0 Å². The van der Waals surface area contributed by atoms with Crippen LogP contribution in [0.3, 0.4) is 0 Å². The molecule has 0 aliphatic rings. The first-order chi connectivity index (χ1) is 7.54. The van der Waals surface area contributed by atoms with Crippen LogP contribution in [-0.2, 0) is 4.79 Å². The Bertz CT molecular complexity index is 354. The van der Waals surface area contributed by atoms with Crippen molar-refractivity contribution in [2.45, 2.75) is 18.6 Å². The Balaban J connectivity index is 2.71. The Hall–Kier alpha value is -1.73. The average molecular weight is 227 g/mol. The second-order valence-electron chi connectivity index (χ2n) is 3.20. The molecule has 0 amide bonds. The molecule has 0 spiro atoms. The van der Waals surface area contributed by atoms with Gasteiger partial charge in [0.05, 0.1) is 12.5 Å². The van der Waals surface area contributed by atoms with Gasteiger partial charge in [0.15, 0.2) is 0 Å². The first kappa shape index (κ1) is 12.3. The predicted molar refractivity (Wildman–Crippen MR) is 54.8 cm³/mol. The Morgan fingerprint density at radius 3 is 2.44 bits per heavy atom. The second kappa shape index (κ2) is 5.38. The number of carboxylic acids is 1. The van der Waals surface area contributed by atoms with Crippen molar-refractivity contribution in [3.63, 3.8) is 0 Å². The maximum absolute atomic E-state index is 10.3. The van der Waals surface area contributed by atoms with E-state index in [-0.39, 0.29) is 5.56 Å². The van der Waals surface area contributed by atoms with Crippen molar-refractivity contribution in [1.82, 2.24) is 9.97 Å². The smallest absolute Gasteiger partial charge is 0.306 e. The van der Waals surface area contributed by atoms with E-state index in [4.69, 9.17) is 5.11 Å². The summed E-state index contributed by atoms with van der Waals surface area (Å²) in [6, 6.07) is 0. The van der Waals surface area contributed by atoms with Gasteiger partial charge < -0.3 is 20.6 Å². The zero-order valence-corrected chi connectivity index (χ0v) is 8.66. The van der Waals surface area contributed by atoms with Crippen molar-refractivity contribution < 1.29 is 20.1 Å². The van der Waals surface area contributed by atoms with Crippen LogP contribution in [-0.4, -0.2) is 44.4 Å². The number of hydrogen-bond donors (Lipinski definition) is 4. The standard InChI is InChI=1S/C9H13N3O4/c1-10-9-11-3-5(4-12-9)8(16)6(13)2-7(14)15/h3-4,6,8,13,16H,2H2,1H3,(H,14,15)(H,10,11,12). The van der Waals surface area contributed by atoms with Gasteiger partial charge in [0, 0.05) is 25.0 Å². The molecule has 1 aromatic heterocycles. The fourth-order valence-corrected chi connectivity index (χ4v) is 1.13. The van der Waals surface area contributed by atoms with Gasteiger partial charge >= 0.3 is 5.97 Å². The van der Waals surface area contributed by atoms with Crippen LogP contribution in [0.25, 0.3) is 0 Å². The molecular weight excluding hydrogens is 214 g/mol. The number of nitrogens with one attached hydrogen (secondary N) is 1. The lowest BCUT2D eigenvalue weighted by Crippen LogP contribution is -2.22. The highest BCUT2D eigenvalue weighted by Gasteiger charge is 2.21. The van der Waals surface area contributed by atoms with Crippen LogP contribution in [0.2, 0.25) is 0 Å². The van der Waals surface area contributed by atoms with E-state index in [1.165, 1.54) is 12.4 Å².